The lowest BCUT2D eigenvalue weighted by atomic mass is 9.87. The van der Waals surface area contributed by atoms with Crippen LogP contribution in [0.4, 0.5) is 5.69 Å². The van der Waals surface area contributed by atoms with Gasteiger partial charge in [0.2, 0.25) is 0 Å². The number of allylic oxidation sites excluding steroid dienone is 1. The van der Waals surface area contributed by atoms with E-state index in [4.69, 9.17) is 0 Å². The van der Waals surface area contributed by atoms with Crippen LogP contribution in [-0.4, -0.2) is 30.8 Å². The lowest BCUT2D eigenvalue weighted by Gasteiger charge is -2.25. The summed E-state index contributed by atoms with van der Waals surface area (Å²) in [4.78, 5) is 17.2. The van der Waals surface area contributed by atoms with Crippen molar-refractivity contribution < 1.29 is 4.79 Å². The molecule has 0 saturated heterocycles. The van der Waals surface area contributed by atoms with E-state index < -0.39 is 0 Å². The van der Waals surface area contributed by atoms with Gasteiger partial charge in [-0.2, -0.15) is 0 Å². The van der Waals surface area contributed by atoms with E-state index in [9.17, 15) is 4.79 Å². The summed E-state index contributed by atoms with van der Waals surface area (Å²) in [5.74, 6) is 0.0724. The summed E-state index contributed by atoms with van der Waals surface area (Å²) in [5, 5.41) is 0. The molecule has 0 fully saturated rings. The van der Waals surface area contributed by atoms with Crippen LogP contribution < -0.4 is 4.90 Å². The third-order valence-electron chi connectivity index (χ3n) is 5.61. The van der Waals surface area contributed by atoms with Crippen LogP contribution in [0.1, 0.15) is 40.9 Å². The van der Waals surface area contributed by atoms with Gasteiger partial charge in [-0.25, -0.2) is 0 Å². The maximum Gasteiger partial charge on any atom is 0.187 e. The highest BCUT2D eigenvalue weighted by molar-refractivity contribution is 6.04. The van der Waals surface area contributed by atoms with Crippen molar-refractivity contribution in [3.05, 3.63) is 77.0 Å². The highest BCUT2D eigenvalue weighted by Gasteiger charge is 2.33. The maximum absolute atomic E-state index is 12.7. The monoisotopic (exact) mass is 346 g/mol. The molecule has 0 aromatic heterocycles. The Hall–Kier alpha value is -2.39. The fourth-order valence-electron chi connectivity index (χ4n) is 4.13. The van der Waals surface area contributed by atoms with Crippen molar-refractivity contribution in [1.29, 1.82) is 0 Å². The van der Waals surface area contributed by atoms with Crippen LogP contribution in [0.3, 0.4) is 0 Å². The van der Waals surface area contributed by atoms with Gasteiger partial charge in [-0.3, -0.25) is 4.79 Å². The number of nitrogens with zero attached hydrogens (tertiary/aromatic N) is 2. The zero-order chi connectivity index (χ0) is 18.3. The molecule has 26 heavy (non-hydrogen) atoms. The molecule has 0 atom stereocenters. The topological polar surface area (TPSA) is 23.6 Å². The van der Waals surface area contributed by atoms with E-state index in [-0.39, 0.29) is 11.2 Å². The first-order valence-corrected chi connectivity index (χ1v) is 9.33. The second-order valence-corrected chi connectivity index (χ2v) is 8.18. The Bertz CT molecular complexity index is 882. The number of hydrogen-bond acceptors (Lipinski definition) is 3. The minimum absolute atomic E-state index is 0.0724. The molecule has 0 aliphatic carbocycles. The van der Waals surface area contributed by atoms with Crippen molar-refractivity contribution in [2.24, 2.45) is 0 Å². The molecular weight excluding hydrogens is 320 g/mol. The van der Waals surface area contributed by atoms with Gasteiger partial charge in [0.05, 0.1) is 0 Å². The van der Waals surface area contributed by atoms with E-state index in [2.05, 4.69) is 67.1 Å². The number of para-hydroxylation sites is 1. The molecule has 2 aromatic carbocycles. The summed E-state index contributed by atoms with van der Waals surface area (Å²) >= 11 is 0. The van der Waals surface area contributed by atoms with Gasteiger partial charge in [-0.05, 0) is 42.3 Å². The Balaban J connectivity index is 1.55. The number of fused-ring (bicyclic) bond motifs is 2. The molecule has 2 aromatic rings. The van der Waals surface area contributed by atoms with Crippen molar-refractivity contribution in [1.82, 2.24) is 4.90 Å². The predicted octanol–water partition coefficient (Wildman–Crippen LogP) is 4.17. The molecule has 4 rings (SSSR count). The summed E-state index contributed by atoms with van der Waals surface area (Å²) in [5.41, 5.74) is 6.08. The zero-order valence-electron chi connectivity index (χ0n) is 15.8. The fraction of sp³-hybridized carbons (Fsp3) is 0.348. The quantitative estimate of drug-likeness (QED) is 0.616. The van der Waals surface area contributed by atoms with E-state index in [1.54, 1.807) is 6.08 Å². The third kappa shape index (κ3) is 3.08. The van der Waals surface area contributed by atoms with Gasteiger partial charge >= 0.3 is 0 Å². The molecule has 2 heterocycles. The summed E-state index contributed by atoms with van der Waals surface area (Å²) in [7, 11) is 2.13. The van der Waals surface area contributed by atoms with E-state index in [1.165, 1.54) is 22.4 Å². The Morgan fingerprint density at radius 3 is 2.77 bits per heavy atom. The van der Waals surface area contributed by atoms with Gasteiger partial charge in [0.25, 0.3) is 0 Å². The van der Waals surface area contributed by atoms with Gasteiger partial charge in [0, 0.05) is 48.6 Å². The lowest BCUT2D eigenvalue weighted by molar-refractivity contribution is 0.104. The minimum atomic E-state index is 0.0724. The zero-order valence-corrected chi connectivity index (χ0v) is 15.8. The molecule has 0 unspecified atom stereocenters. The van der Waals surface area contributed by atoms with E-state index in [1.807, 2.05) is 12.3 Å². The van der Waals surface area contributed by atoms with Crippen molar-refractivity contribution in [3.63, 3.8) is 0 Å². The minimum Gasteiger partial charge on any atom is -0.347 e. The molecule has 2 aliphatic rings. The number of likely N-dealkylation sites (N-methyl/N-ethyl adjacent to an activating group) is 1. The van der Waals surface area contributed by atoms with Gasteiger partial charge < -0.3 is 9.80 Å². The molecule has 3 nitrogen and oxygen atoms in total. The van der Waals surface area contributed by atoms with Crippen LogP contribution in [0.25, 0.3) is 0 Å². The van der Waals surface area contributed by atoms with Crippen molar-refractivity contribution in [2.75, 3.05) is 25.0 Å². The summed E-state index contributed by atoms with van der Waals surface area (Å²) in [6.45, 7) is 7.41. The first-order chi connectivity index (χ1) is 12.4. The number of carbonyl (C=O) groups is 1. The SMILES string of the molecule is CN1CCc2ccc(C(=O)/C=C/N3CC(C)(C)c4ccccc43)cc2C1. The Kier molecular flexibility index (Phi) is 4.20. The third-order valence-corrected chi connectivity index (χ3v) is 5.61. The normalized spacial score (nSPS) is 18.8. The van der Waals surface area contributed by atoms with Gasteiger partial charge in [-0.1, -0.05) is 44.2 Å². The highest BCUT2D eigenvalue weighted by atomic mass is 16.1. The molecule has 3 heteroatoms. The molecular formula is C23H26N2O. The fourth-order valence-corrected chi connectivity index (χ4v) is 4.13. The molecule has 0 N–H and O–H groups in total. The Morgan fingerprint density at radius 2 is 1.92 bits per heavy atom. The molecule has 0 amide bonds. The first kappa shape index (κ1) is 17.0. The number of rotatable bonds is 3. The number of hydrogen-bond donors (Lipinski definition) is 0. The van der Waals surface area contributed by atoms with Crippen LogP contribution in [0.2, 0.25) is 0 Å². The average molecular weight is 346 g/mol. The lowest BCUT2D eigenvalue weighted by Crippen LogP contribution is -2.26. The maximum atomic E-state index is 12.7. The summed E-state index contributed by atoms with van der Waals surface area (Å²) in [6.07, 6.45) is 4.73. The van der Waals surface area contributed by atoms with E-state index >= 15 is 0 Å². The second-order valence-electron chi connectivity index (χ2n) is 8.18. The Morgan fingerprint density at radius 1 is 1.12 bits per heavy atom. The largest absolute Gasteiger partial charge is 0.347 e. The first-order valence-electron chi connectivity index (χ1n) is 9.33. The number of anilines is 1. The van der Waals surface area contributed by atoms with Crippen molar-refractivity contribution in [3.8, 4) is 0 Å². The van der Waals surface area contributed by atoms with Crippen molar-refractivity contribution in [2.45, 2.75) is 32.2 Å². The van der Waals surface area contributed by atoms with Crippen LogP contribution in [0, 0.1) is 0 Å². The van der Waals surface area contributed by atoms with Crippen LogP contribution >= 0.6 is 0 Å². The van der Waals surface area contributed by atoms with Gasteiger partial charge in [0.15, 0.2) is 5.78 Å². The molecule has 134 valence electrons. The number of benzene rings is 2. The van der Waals surface area contributed by atoms with Crippen LogP contribution in [-0.2, 0) is 18.4 Å². The van der Waals surface area contributed by atoms with Crippen LogP contribution in [0.5, 0.6) is 0 Å². The molecule has 0 radical (unpaired) electrons. The summed E-state index contributed by atoms with van der Waals surface area (Å²) in [6, 6.07) is 14.6. The average Bonchev–Trinajstić information content (AvgIpc) is 2.90. The summed E-state index contributed by atoms with van der Waals surface area (Å²) < 4.78 is 0. The highest BCUT2D eigenvalue weighted by Crippen LogP contribution is 2.40. The number of ketones is 1. The number of carbonyl (C=O) groups excluding carboxylic acids is 1. The predicted molar refractivity (Wildman–Crippen MR) is 107 cm³/mol. The Labute approximate surface area is 155 Å². The second kappa shape index (κ2) is 6.40. The van der Waals surface area contributed by atoms with E-state index in [0.717, 1.165) is 31.6 Å². The van der Waals surface area contributed by atoms with Crippen LogP contribution in [0.15, 0.2) is 54.7 Å². The smallest absolute Gasteiger partial charge is 0.187 e. The van der Waals surface area contributed by atoms with Crippen molar-refractivity contribution >= 4 is 11.5 Å². The molecule has 0 bridgehead atoms. The molecule has 2 aliphatic heterocycles. The van der Waals surface area contributed by atoms with Gasteiger partial charge in [0.1, 0.15) is 0 Å². The molecule has 0 saturated carbocycles. The standard InChI is InChI=1S/C23H26N2O/c1-23(2)16-25(21-7-5-4-6-20(21)23)13-11-22(26)18-9-8-17-10-12-24(3)15-19(17)14-18/h4-9,11,13-14H,10,12,15-16H2,1-3H3/b13-11+. The van der Waals surface area contributed by atoms with Gasteiger partial charge in [-0.15, -0.1) is 0 Å². The molecule has 0 spiro atoms. The van der Waals surface area contributed by atoms with E-state index in [0.29, 0.717) is 0 Å².